The standard InChI is InChI=1S/C20H19O3S.2CH3.Os/c1-14(2)8-10-17-19(23-24)13-11-16(20(17)22)18(21)12-9-15-6-4-3-5-7-15;;;/h4-9,11-13,22,24H,10H2,1-2H3;2*1H3;/q3*-1;/b12-9+;;;. The molecule has 0 aliphatic carbocycles. The molecule has 0 saturated carbocycles. The van der Waals surface area contributed by atoms with E-state index in [1.807, 2.05) is 32.1 Å². The van der Waals surface area contributed by atoms with Gasteiger partial charge in [-0.05, 0) is 38.5 Å². The molecule has 0 saturated heterocycles. The van der Waals surface area contributed by atoms with Crippen LogP contribution in [-0.4, -0.2) is 10.9 Å². The van der Waals surface area contributed by atoms with Crippen molar-refractivity contribution in [3.05, 3.63) is 91.7 Å². The van der Waals surface area contributed by atoms with Crippen molar-refractivity contribution in [3.8, 4) is 11.5 Å². The van der Waals surface area contributed by atoms with E-state index in [0.717, 1.165) is 11.1 Å². The Bertz CT molecular complexity index is 780. The molecule has 0 unspecified atom stereocenters. The van der Waals surface area contributed by atoms with Crippen molar-refractivity contribution in [2.45, 2.75) is 20.3 Å². The Morgan fingerprint density at radius 1 is 1.19 bits per heavy atom. The van der Waals surface area contributed by atoms with Crippen molar-refractivity contribution in [2.24, 2.45) is 0 Å². The molecular weight excluding hydrogens is 535 g/mol. The molecule has 148 valence electrons. The quantitative estimate of drug-likeness (QED) is 0.119. The van der Waals surface area contributed by atoms with Crippen LogP contribution in [0.3, 0.4) is 0 Å². The van der Waals surface area contributed by atoms with Gasteiger partial charge in [0.05, 0.1) is 5.56 Å². The number of carbonyl (C=O) groups is 1. The number of rotatable bonds is 6. The molecule has 0 radical (unpaired) electrons. The smallest absolute Gasteiger partial charge is 0.189 e. The summed E-state index contributed by atoms with van der Waals surface area (Å²) in [5, 5.41) is 10.5. The fourth-order valence-electron chi connectivity index (χ4n) is 2.18. The zero-order valence-electron chi connectivity index (χ0n) is 16.0. The van der Waals surface area contributed by atoms with Gasteiger partial charge >= 0.3 is 0 Å². The van der Waals surface area contributed by atoms with Crippen LogP contribution in [0, 0.1) is 20.9 Å². The van der Waals surface area contributed by atoms with Crippen LogP contribution in [0.1, 0.15) is 35.3 Å². The van der Waals surface area contributed by atoms with Gasteiger partial charge in [0.2, 0.25) is 0 Å². The number of ketones is 1. The molecule has 2 aromatic rings. The van der Waals surface area contributed by atoms with Crippen LogP contribution < -0.4 is 4.18 Å². The van der Waals surface area contributed by atoms with Crippen molar-refractivity contribution in [1.82, 2.24) is 0 Å². The van der Waals surface area contributed by atoms with Crippen molar-refractivity contribution >= 4 is 24.8 Å². The zero-order valence-corrected chi connectivity index (χ0v) is 19.4. The minimum Gasteiger partial charge on any atom is -0.507 e. The molecule has 27 heavy (non-hydrogen) atoms. The maximum atomic E-state index is 12.4. The predicted molar refractivity (Wildman–Crippen MR) is 112 cm³/mol. The van der Waals surface area contributed by atoms with E-state index in [1.165, 1.54) is 6.08 Å². The average Bonchev–Trinajstić information content (AvgIpc) is 2.59. The molecule has 0 aliphatic heterocycles. The summed E-state index contributed by atoms with van der Waals surface area (Å²) in [5.74, 6) is 0.0899. The van der Waals surface area contributed by atoms with E-state index in [9.17, 15) is 9.90 Å². The third-order valence-corrected chi connectivity index (χ3v) is 3.69. The van der Waals surface area contributed by atoms with Gasteiger partial charge in [0.1, 0.15) is 11.5 Å². The van der Waals surface area contributed by atoms with Crippen molar-refractivity contribution in [3.63, 3.8) is 0 Å². The Kier molecular flexibility index (Phi) is 13.6. The van der Waals surface area contributed by atoms with Gasteiger partial charge in [-0.3, -0.25) is 4.79 Å². The first kappa shape index (κ1) is 27.4. The second-order valence-electron chi connectivity index (χ2n) is 5.55. The number of carbonyl (C=O) groups excluding carboxylic acids is 1. The molecule has 0 heterocycles. The molecule has 0 fully saturated rings. The molecule has 5 heteroatoms. The van der Waals surface area contributed by atoms with Crippen LogP contribution in [-0.2, 0) is 26.2 Å². The van der Waals surface area contributed by atoms with Crippen LogP contribution in [0.4, 0.5) is 0 Å². The SMILES string of the molecule is CC(C)=CCc1c(OS)ccc(C(=O)/C=C/c2cc[c-]cc2)c1O.[CH3-].[CH3-].[Os]. The monoisotopic (exact) mass is 561 g/mol. The minimum absolute atomic E-state index is 0. The molecule has 0 aliphatic rings. The number of benzene rings is 2. The van der Waals surface area contributed by atoms with E-state index in [0.29, 0.717) is 17.7 Å². The zero-order chi connectivity index (χ0) is 17.5. The van der Waals surface area contributed by atoms with Gasteiger partial charge in [-0.1, -0.05) is 17.7 Å². The van der Waals surface area contributed by atoms with Crippen LogP contribution >= 0.6 is 12.9 Å². The molecule has 0 atom stereocenters. The molecule has 0 aromatic heterocycles. The van der Waals surface area contributed by atoms with Gasteiger partial charge in [0, 0.05) is 38.3 Å². The Labute approximate surface area is 181 Å². The van der Waals surface area contributed by atoms with Gasteiger partial charge in [-0.25, -0.2) is 0 Å². The Hall–Kier alpha value is -1.82. The van der Waals surface area contributed by atoms with E-state index >= 15 is 0 Å². The van der Waals surface area contributed by atoms with E-state index in [1.54, 1.807) is 30.3 Å². The fraction of sp³-hybridized carbons (Fsp3) is 0.136. The summed E-state index contributed by atoms with van der Waals surface area (Å²) in [6.45, 7) is 3.93. The average molecular weight is 560 g/mol. The van der Waals surface area contributed by atoms with E-state index in [4.69, 9.17) is 4.18 Å². The third-order valence-electron chi connectivity index (χ3n) is 3.49. The molecule has 0 spiro atoms. The van der Waals surface area contributed by atoms with Crippen molar-refractivity contribution in [1.29, 1.82) is 0 Å². The van der Waals surface area contributed by atoms with Gasteiger partial charge in [-0.2, -0.15) is 30.3 Å². The number of allylic oxidation sites excluding steroid dienone is 3. The number of thiol groups is 1. The summed E-state index contributed by atoms with van der Waals surface area (Å²) < 4.78 is 4.99. The van der Waals surface area contributed by atoms with Crippen molar-refractivity contribution < 1.29 is 33.9 Å². The van der Waals surface area contributed by atoms with Crippen LogP contribution in [0.25, 0.3) is 6.08 Å². The second kappa shape index (κ2) is 13.4. The largest absolute Gasteiger partial charge is 0.507 e. The van der Waals surface area contributed by atoms with E-state index < -0.39 is 0 Å². The summed E-state index contributed by atoms with van der Waals surface area (Å²) in [4.78, 5) is 12.4. The summed E-state index contributed by atoms with van der Waals surface area (Å²) in [6.07, 6.45) is 5.56. The molecule has 3 nitrogen and oxygen atoms in total. The predicted octanol–water partition coefficient (Wildman–Crippen LogP) is 5.72. The third kappa shape index (κ3) is 7.75. The van der Waals surface area contributed by atoms with Gasteiger partial charge in [0.15, 0.2) is 5.78 Å². The molecule has 2 rings (SSSR count). The normalized spacial score (nSPS) is 9.44. The van der Waals surface area contributed by atoms with Gasteiger partial charge in [-0.15, -0.1) is 5.56 Å². The van der Waals surface area contributed by atoms with E-state index in [-0.39, 0.29) is 51.7 Å². The Morgan fingerprint density at radius 2 is 1.81 bits per heavy atom. The summed E-state index contributed by atoms with van der Waals surface area (Å²) in [7, 11) is 0. The van der Waals surface area contributed by atoms with Crippen molar-refractivity contribution in [2.75, 3.05) is 0 Å². The maximum absolute atomic E-state index is 12.4. The van der Waals surface area contributed by atoms with Gasteiger partial charge < -0.3 is 24.1 Å². The number of hydrogen-bond acceptors (Lipinski definition) is 4. The molecule has 1 N–H and O–H groups in total. The number of aromatic hydroxyl groups is 1. The minimum atomic E-state index is -0.274. The maximum Gasteiger partial charge on any atom is 0.189 e. The summed E-state index contributed by atoms with van der Waals surface area (Å²) in [5.41, 5.74) is 2.78. The second-order valence-corrected chi connectivity index (χ2v) is 5.73. The number of hydrogen-bond donors (Lipinski definition) is 2. The number of phenols is 1. The van der Waals surface area contributed by atoms with Crippen LogP contribution in [0.15, 0.2) is 54.1 Å². The fourth-order valence-corrected chi connectivity index (χ4v) is 2.35. The van der Waals surface area contributed by atoms with Crippen LogP contribution in [0.5, 0.6) is 11.5 Å². The first-order valence-electron chi connectivity index (χ1n) is 7.51. The first-order chi connectivity index (χ1) is 11.5. The molecular formula is C22H25O3OsS-3. The topological polar surface area (TPSA) is 46.5 Å². The number of phenolic OH excluding ortho intramolecular Hbond substituents is 1. The Balaban J connectivity index is 0. The molecule has 0 bridgehead atoms. The van der Waals surface area contributed by atoms with Gasteiger partial charge in [0.25, 0.3) is 0 Å². The summed E-state index contributed by atoms with van der Waals surface area (Å²) in [6, 6.07) is 13.3. The van der Waals surface area contributed by atoms with Crippen LogP contribution in [0.2, 0.25) is 0 Å². The van der Waals surface area contributed by atoms with E-state index in [2.05, 4.69) is 19.0 Å². The molecule has 2 aromatic carbocycles. The summed E-state index contributed by atoms with van der Waals surface area (Å²) >= 11 is 3.81. The Morgan fingerprint density at radius 3 is 2.37 bits per heavy atom. The molecule has 0 amide bonds. The first-order valence-corrected chi connectivity index (χ1v) is 7.87.